The second kappa shape index (κ2) is 3.31. The summed E-state index contributed by atoms with van der Waals surface area (Å²) in [5.41, 5.74) is -0.226. The summed E-state index contributed by atoms with van der Waals surface area (Å²) >= 11 is 0. The standard InChI is InChI=1S/C8H15NO3/c1-8(6-10)3-2-4-9(5-8)7(11)12/h10H,2-6H2,1H3,(H,11,12)/t8-/m1/s1. The van der Waals surface area contributed by atoms with Gasteiger partial charge in [0.1, 0.15) is 0 Å². The molecule has 4 nitrogen and oxygen atoms in total. The summed E-state index contributed by atoms with van der Waals surface area (Å²) in [7, 11) is 0. The molecular formula is C8H15NO3. The number of piperidine rings is 1. The number of aliphatic hydroxyl groups excluding tert-OH is 1. The van der Waals surface area contributed by atoms with Gasteiger partial charge in [0.25, 0.3) is 0 Å². The van der Waals surface area contributed by atoms with Crippen LogP contribution < -0.4 is 0 Å². The highest BCUT2D eigenvalue weighted by Crippen LogP contribution is 2.28. The van der Waals surface area contributed by atoms with Crippen LogP contribution in [0.3, 0.4) is 0 Å². The fourth-order valence-corrected chi connectivity index (χ4v) is 1.61. The van der Waals surface area contributed by atoms with Gasteiger partial charge in [0.2, 0.25) is 0 Å². The van der Waals surface area contributed by atoms with E-state index in [4.69, 9.17) is 10.2 Å². The second-order valence-corrected chi connectivity index (χ2v) is 3.78. The van der Waals surface area contributed by atoms with Crippen molar-refractivity contribution in [3.05, 3.63) is 0 Å². The monoisotopic (exact) mass is 173 g/mol. The molecule has 12 heavy (non-hydrogen) atoms. The van der Waals surface area contributed by atoms with Crippen molar-refractivity contribution in [2.75, 3.05) is 19.7 Å². The van der Waals surface area contributed by atoms with Gasteiger partial charge in [-0.05, 0) is 12.8 Å². The van der Waals surface area contributed by atoms with Gasteiger partial charge in [0.15, 0.2) is 0 Å². The molecule has 0 saturated carbocycles. The Morgan fingerprint density at radius 2 is 2.33 bits per heavy atom. The van der Waals surface area contributed by atoms with Crippen LogP contribution in [0.15, 0.2) is 0 Å². The molecular weight excluding hydrogens is 158 g/mol. The lowest BCUT2D eigenvalue weighted by Crippen LogP contribution is -2.45. The van der Waals surface area contributed by atoms with Gasteiger partial charge in [0.05, 0.1) is 6.61 Å². The van der Waals surface area contributed by atoms with E-state index in [-0.39, 0.29) is 12.0 Å². The van der Waals surface area contributed by atoms with Gasteiger partial charge in [-0.25, -0.2) is 4.79 Å². The molecule has 0 radical (unpaired) electrons. The summed E-state index contributed by atoms with van der Waals surface area (Å²) in [5.74, 6) is 0. The van der Waals surface area contributed by atoms with Crippen molar-refractivity contribution in [1.29, 1.82) is 0 Å². The number of carbonyl (C=O) groups is 1. The van der Waals surface area contributed by atoms with Crippen LogP contribution in [0.1, 0.15) is 19.8 Å². The molecule has 1 aliphatic rings. The minimum Gasteiger partial charge on any atom is -0.465 e. The zero-order chi connectivity index (χ0) is 9.19. The van der Waals surface area contributed by atoms with Gasteiger partial charge in [-0.2, -0.15) is 0 Å². The van der Waals surface area contributed by atoms with Crippen molar-refractivity contribution in [2.45, 2.75) is 19.8 Å². The number of aliphatic hydroxyl groups is 1. The van der Waals surface area contributed by atoms with Gasteiger partial charge in [-0.15, -0.1) is 0 Å². The Morgan fingerprint density at radius 3 is 2.83 bits per heavy atom. The predicted molar refractivity (Wildman–Crippen MR) is 44.0 cm³/mol. The number of likely N-dealkylation sites (tertiary alicyclic amines) is 1. The van der Waals surface area contributed by atoms with Crippen LogP contribution in [0.4, 0.5) is 4.79 Å². The third-order valence-corrected chi connectivity index (χ3v) is 2.43. The molecule has 0 aromatic carbocycles. The summed E-state index contributed by atoms with van der Waals surface area (Å²) in [6.45, 7) is 3.04. The maximum atomic E-state index is 10.6. The maximum absolute atomic E-state index is 10.6. The average molecular weight is 173 g/mol. The molecule has 1 heterocycles. The highest BCUT2D eigenvalue weighted by Gasteiger charge is 2.32. The first kappa shape index (κ1) is 9.32. The molecule has 1 fully saturated rings. The lowest BCUT2D eigenvalue weighted by atomic mass is 9.83. The Balaban J connectivity index is 2.57. The van der Waals surface area contributed by atoms with E-state index < -0.39 is 6.09 Å². The topological polar surface area (TPSA) is 60.8 Å². The third-order valence-electron chi connectivity index (χ3n) is 2.43. The van der Waals surface area contributed by atoms with Crippen LogP contribution in [0.2, 0.25) is 0 Å². The maximum Gasteiger partial charge on any atom is 0.407 e. The van der Waals surface area contributed by atoms with E-state index >= 15 is 0 Å². The molecule has 0 bridgehead atoms. The molecule has 0 unspecified atom stereocenters. The van der Waals surface area contributed by atoms with Crippen molar-refractivity contribution in [1.82, 2.24) is 4.90 Å². The second-order valence-electron chi connectivity index (χ2n) is 3.78. The third kappa shape index (κ3) is 1.88. The molecule has 1 atom stereocenters. The largest absolute Gasteiger partial charge is 0.465 e. The number of hydrogen-bond acceptors (Lipinski definition) is 2. The number of amides is 1. The number of nitrogens with zero attached hydrogens (tertiary/aromatic N) is 1. The fourth-order valence-electron chi connectivity index (χ4n) is 1.61. The Hall–Kier alpha value is -0.770. The first-order chi connectivity index (χ1) is 5.57. The van der Waals surface area contributed by atoms with Crippen molar-refractivity contribution < 1.29 is 15.0 Å². The zero-order valence-electron chi connectivity index (χ0n) is 7.29. The Morgan fingerprint density at radius 1 is 1.67 bits per heavy atom. The molecule has 0 spiro atoms. The van der Waals surface area contributed by atoms with Gasteiger partial charge < -0.3 is 15.1 Å². The van der Waals surface area contributed by atoms with Crippen LogP contribution in [-0.2, 0) is 0 Å². The molecule has 0 aromatic heterocycles. The van der Waals surface area contributed by atoms with Crippen molar-refractivity contribution in [3.63, 3.8) is 0 Å². The molecule has 1 amide bonds. The van der Waals surface area contributed by atoms with Gasteiger partial charge >= 0.3 is 6.09 Å². The van der Waals surface area contributed by atoms with E-state index in [0.29, 0.717) is 13.1 Å². The lowest BCUT2D eigenvalue weighted by Gasteiger charge is -2.37. The van der Waals surface area contributed by atoms with E-state index in [9.17, 15) is 4.79 Å². The number of rotatable bonds is 1. The van der Waals surface area contributed by atoms with Gasteiger partial charge in [0, 0.05) is 18.5 Å². The molecule has 0 aliphatic carbocycles. The molecule has 70 valence electrons. The summed E-state index contributed by atoms with van der Waals surface area (Å²) in [6, 6.07) is 0. The van der Waals surface area contributed by atoms with Crippen LogP contribution in [0, 0.1) is 5.41 Å². The number of hydrogen-bond donors (Lipinski definition) is 2. The highest BCUT2D eigenvalue weighted by atomic mass is 16.4. The predicted octanol–water partition coefficient (Wildman–Crippen LogP) is 0.759. The van der Waals surface area contributed by atoms with E-state index in [2.05, 4.69) is 0 Å². The van der Waals surface area contributed by atoms with Crippen LogP contribution >= 0.6 is 0 Å². The minimum absolute atomic E-state index is 0.0663. The quantitative estimate of drug-likeness (QED) is 0.615. The molecule has 2 N–H and O–H groups in total. The molecule has 1 saturated heterocycles. The first-order valence-electron chi connectivity index (χ1n) is 4.16. The summed E-state index contributed by atoms with van der Waals surface area (Å²) in [5, 5.41) is 17.7. The molecule has 4 heteroatoms. The highest BCUT2D eigenvalue weighted by molar-refractivity contribution is 5.65. The smallest absolute Gasteiger partial charge is 0.407 e. The van der Waals surface area contributed by atoms with Crippen molar-refractivity contribution in [2.24, 2.45) is 5.41 Å². The van der Waals surface area contributed by atoms with Crippen LogP contribution in [-0.4, -0.2) is 40.9 Å². The van der Waals surface area contributed by atoms with Gasteiger partial charge in [-0.1, -0.05) is 6.92 Å². The Kier molecular flexibility index (Phi) is 2.57. The van der Waals surface area contributed by atoms with Crippen molar-refractivity contribution >= 4 is 6.09 Å². The van der Waals surface area contributed by atoms with Crippen LogP contribution in [0.5, 0.6) is 0 Å². The fraction of sp³-hybridized carbons (Fsp3) is 0.875. The zero-order valence-corrected chi connectivity index (χ0v) is 7.29. The average Bonchev–Trinajstić information content (AvgIpc) is 2.05. The summed E-state index contributed by atoms with van der Waals surface area (Å²) < 4.78 is 0. The summed E-state index contributed by atoms with van der Waals surface area (Å²) in [4.78, 5) is 12.0. The van der Waals surface area contributed by atoms with E-state index in [1.54, 1.807) is 0 Å². The molecule has 1 rings (SSSR count). The SMILES string of the molecule is C[C@@]1(CO)CCCN(C(=O)O)C1. The lowest BCUT2D eigenvalue weighted by molar-refractivity contribution is 0.0469. The number of carboxylic acid groups (broad SMARTS) is 1. The first-order valence-corrected chi connectivity index (χ1v) is 4.16. The minimum atomic E-state index is -0.880. The van der Waals surface area contributed by atoms with Crippen molar-refractivity contribution in [3.8, 4) is 0 Å². The molecule has 1 aliphatic heterocycles. The van der Waals surface area contributed by atoms with Crippen LogP contribution in [0.25, 0.3) is 0 Å². The van der Waals surface area contributed by atoms with E-state index in [1.165, 1.54) is 4.90 Å². The van der Waals surface area contributed by atoms with Gasteiger partial charge in [-0.3, -0.25) is 0 Å². The Labute approximate surface area is 71.8 Å². The normalized spacial score (nSPS) is 30.3. The molecule has 0 aromatic rings. The van der Waals surface area contributed by atoms with E-state index in [0.717, 1.165) is 12.8 Å². The summed E-state index contributed by atoms with van der Waals surface area (Å²) in [6.07, 6.45) is 0.880. The Bertz CT molecular complexity index is 183. The van der Waals surface area contributed by atoms with E-state index in [1.807, 2.05) is 6.92 Å².